The first kappa shape index (κ1) is 53.9. The van der Waals surface area contributed by atoms with Crippen LogP contribution in [0.2, 0.25) is 0 Å². The average Bonchev–Trinajstić information content (AvgIpc) is 1.18. The van der Waals surface area contributed by atoms with Crippen molar-refractivity contribution in [1.29, 1.82) is 0 Å². The fraction of sp³-hybridized carbons (Fsp3) is 0.124. The summed E-state index contributed by atoms with van der Waals surface area (Å²) >= 11 is 0. The maximum absolute atomic E-state index is 7.47. The molecule has 0 fully saturated rings. The SMILES string of the molecule is CC1(C)c2ccccc2-c2ccc(CC(c3ccc(-c4ccccc4)cc3)c3ccc4c(c3)C3(c5cc(CC(c6ccc(-c7ccccc7)cc6)c6ccc7c(c6)C(C)(C)c6ccccc6-7)ccc5O4)c4ccccc4-c4ccccc4-c4ccccc43)cc21. The summed E-state index contributed by atoms with van der Waals surface area (Å²) in [7, 11) is 0. The Balaban J connectivity index is 0.863. The van der Waals surface area contributed by atoms with Gasteiger partial charge in [0.15, 0.2) is 0 Å². The molecule has 1 heterocycles. The van der Waals surface area contributed by atoms with Gasteiger partial charge in [-0.3, -0.25) is 0 Å². The van der Waals surface area contributed by atoms with Gasteiger partial charge in [-0.15, -0.1) is 0 Å². The van der Waals surface area contributed by atoms with E-state index in [9.17, 15) is 0 Å². The van der Waals surface area contributed by atoms with Crippen molar-refractivity contribution in [3.8, 4) is 78.3 Å². The van der Waals surface area contributed by atoms with Gasteiger partial charge in [-0.2, -0.15) is 0 Å². The largest absolute Gasteiger partial charge is 0.457 e. The van der Waals surface area contributed by atoms with Gasteiger partial charge in [0.05, 0.1) is 5.41 Å². The molecule has 1 spiro atoms. The van der Waals surface area contributed by atoms with Gasteiger partial charge in [0.1, 0.15) is 11.5 Å². The van der Waals surface area contributed by atoms with Crippen LogP contribution in [0.25, 0.3) is 66.8 Å². The van der Waals surface area contributed by atoms with Gasteiger partial charge in [-0.1, -0.05) is 313 Å². The van der Waals surface area contributed by atoms with E-state index in [1.807, 2.05) is 0 Å². The molecule has 1 nitrogen and oxygen atoms in total. The van der Waals surface area contributed by atoms with E-state index < -0.39 is 5.41 Å². The molecule has 2 atom stereocenters. The molecule has 0 aromatic heterocycles. The molecule has 4 aliphatic rings. The van der Waals surface area contributed by atoms with Crippen LogP contribution in [0.4, 0.5) is 0 Å². The fourth-order valence-corrected chi connectivity index (χ4v) is 16.5. The lowest BCUT2D eigenvalue weighted by Crippen LogP contribution is -2.35. The fourth-order valence-electron chi connectivity index (χ4n) is 16.5. The lowest BCUT2D eigenvalue weighted by Gasteiger charge is -2.43. The normalized spacial score (nSPS) is 15.0. The second-order valence-corrected chi connectivity index (χ2v) is 26.6. The Morgan fingerprint density at radius 2 is 0.556 bits per heavy atom. The van der Waals surface area contributed by atoms with Gasteiger partial charge < -0.3 is 4.74 Å². The maximum Gasteiger partial charge on any atom is 0.132 e. The van der Waals surface area contributed by atoms with E-state index in [-0.39, 0.29) is 22.7 Å². The molecule has 0 N–H and O–H groups in total. The zero-order valence-corrected chi connectivity index (χ0v) is 51.3. The molecule has 3 aliphatic carbocycles. The van der Waals surface area contributed by atoms with E-state index in [4.69, 9.17) is 4.74 Å². The zero-order chi connectivity index (χ0) is 60.3. The molecule has 13 aromatic carbocycles. The van der Waals surface area contributed by atoms with Gasteiger partial charge >= 0.3 is 0 Å². The van der Waals surface area contributed by atoms with Gasteiger partial charge in [-0.25, -0.2) is 0 Å². The smallest absolute Gasteiger partial charge is 0.132 e. The van der Waals surface area contributed by atoms with Crippen molar-refractivity contribution in [3.63, 3.8) is 0 Å². The summed E-state index contributed by atoms with van der Waals surface area (Å²) in [6.07, 6.45) is 1.59. The van der Waals surface area contributed by atoms with Crippen LogP contribution in [-0.4, -0.2) is 0 Å². The lowest BCUT2D eigenvalue weighted by molar-refractivity contribution is 0.434. The van der Waals surface area contributed by atoms with Crippen LogP contribution >= 0.6 is 0 Å². The molecule has 13 aromatic rings. The third-order valence-corrected chi connectivity index (χ3v) is 21.0. The highest BCUT2D eigenvalue weighted by Gasteiger charge is 2.50. The molecule has 2 unspecified atom stereocenters. The van der Waals surface area contributed by atoms with Crippen molar-refractivity contribution >= 4 is 0 Å². The Morgan fingerprint density at radius 3 is 1.04 bits per heavy atom. The van der Waals surface area contributed by atoms with Crippen LogP contribution in [0, 0.1) is 0 Å². The van der Waals surface area contributed by atoms with Crippen molar-refractivity contribution < 1.29 is 4.74 Å². The Bertz CT molecular complexity index is 4900. The quantitative estimate of drug-likeness (QED) is 0.133. The first-order valence-electron chi connectivity index (χ1n) is 32.1. The molecule has 0 radical (unpaired) electrons. The first-order valence-corrected chi connectivity index (χ1v) is 32.1. The second-order valence-electron chi connectivity index (χ2n) is 26.6. The number of benzene rings is 13. The molecule has 0 saturated carbocycles. The highest BCUT2D eigenvalue weighted by molar-refractivity contribution is 5.94. The minimum Gasteiger partial charge on any atom is -0.457 e. The summed E-state index contributed by atoms with van der Waals surface area (Å²) in [5.41, 5.74) is 32.2. The van der Waals surface area contributed by atoms with Crippen LogP contribution in [0.1, 0.15) is 117 Å². The number of rotatable bonds is 10. The van der Waals surface area contributed by atoms with Crippen molar-refractivity contribution in [2.24, 2.45) is 0 Å². The zero-order valence-electron chi connectivity index (χ0n) is 51.3. The number of hydrogen-bond acceptors (Lipinski definition) is 1. The third-order valence-electron chi connectivity index (χ3n) is 21.0. The molecule has 430 valence electrons. The van der Waals surface area contributed by atoms with E-state index in [1.54, 1.807) is 0 Å². The van der Waals surface area contributed by atoms with E-state index in [0.29, 0.717) is 0 Å². The Morgan fingerprint density at radius 1 is 0.244 bits per heavy atom. The summed E-state index contributed by atoms with van der Waals surface area (Å²) < 4.78 is 7.47. The van der Waals surface area contributed by atoms with Gasteiger partial charge in [-0.05, 0) is 165 Å². The van der Waals surface area contributed by atoms with Crippen molar-refractivity contribution in [2.75, 3.05) is 0 Å². The monoisotopic (exact) mass is 1150 g/mol. The molecule has 90 heavy (non-hydrogen) atoms. The molecule has 1 aliphatic heterocycles. The second kappa shape index (κ2) is 20.9. The molecular formula is C89H68O. The summed E-state index contributed by atoms with van der Waals surface area (Å²) in [5.74, 6) is 1.80. The number of fused-ring (bicyclic) bond motifs is 17. The van der Waals surface area contributed by atoms with Crippen LogP contribution in [-0.2, 0) is 29.1 Å². The van der Waals surface area contributed by atoms with E-state index >= 15 is 0 Å². The van der Waals surface area contributed by atoms with Crippen molar-refractivity contribution in [1.82, 2.24) is 0 Å². The molecule has 0 saturated heterocycles. The van der Waals surface area contributed by atoms with Crippen molar-refractivity contribution in [2.45, 2.75) is 68.6 Å². The lowest BCUT2D eigenvalue weighted by atomic mass is 9.61. The summed E-state index contributed by atoms with van der Waals surface area (Å²) in [5, 5.41) is 0. The molecular weight excluding hydrogens is 1080 g/mol. The summed E-state index contributed by atoms with van der Waals surface area (Å²) in [6, 6.07) is 115. The highest BCUT2D eigenvalue weighted by Crippen LogP contribution is 2.62. The average molecular weight is 1150 g/mol. The van der Waals surface area contributed by atoms with Crippen LogP contribution in [0.15, 0.2) is 303 Å². The standard InChI is InChI=1S/C89H68O/c1-87(2)77-31-17-13-29-71(77)73-47-35-57(53-81(73)87)51-76(64-43-39-62(40-44-64)60-23-9-6-10-24-60)66-46-50-86-84(56-66)89(79-33-19-15-27-69(79)67-25-11-12-26-68(67)70-28-16-20-34-80(70)89)83-54-58(36-49-85(83)90-86)52-75(63-41-37-61(38-42-63)59-21-7-5-8-22-59)65-45-48-74-72-30-14-18-32-78(72)88(3,4)82(74)55-65/h5-50,53-56,75-76H,51-52H2,1-4H3. The van der Waals surface area contributed by atoms with Crippen LogP contribution < -0.4 is 4.74 Å². The molecule has 0 amide bonds. The maximum atomic E-state index is 7.47. The predicted octanol–water partition coefficient (Wildman–Crippen LogP) is 22.5. The summed E-state index contributed by atoms with van der Waals surface area (Å²) in [4.78, 5) is 0. The Kier molecular flexibility index (Phi) is 12.5. The van der Waals surface area contributed by atoms with E-state index in [2.05, 4.69) is 331 Å². The van der Waals surface area contributed by atoms with Crippen LogP contribution in [0.3, 0.4) is 0 Å². The molecule has 1 heteroatoms. The highest BCUT2D eigenvalue weighted by atomic mass is 16.5. The van der Waals surface area contributed by atoms with Gasteiger partial charge in [0.25, 0.3) is 0 Å². The number of ether oxygens (including phenoxy) is 1. The van der Waals surface area contributed by atoms with Crippen molar-refractivity contribution in [3.05, 3.63) is 381 Å². The first-order chi connectivity index (χ1) is 44.1. The Hall–Kier alpha value is -10.3. The van der Waals surface area contributed by atoms with Gasteiger partial charge in [0.2, 0.25) is 0 Å². The third kappa shape index (κ3) is 8.43. The van der Waals surface area contributed by atoms with E-state index in [1.165, 1.54) is 134 Å². The minimum absolute atomic E-state index is 0.00226. The Labute approximate surface area is 529 Å². The summed E-state index contributed by atoms with van der Waals surface area (Å²) in [6.45, 7) is 9.58. The number of hydrogen-bond donors (Lipinski definition) is 0. The van der Waals surface area contributed by atoms with E-state index in [0.717, 1.165) is 35.5 Å². The minimum atomic E-state index is -0.817. The van der Waals surface area contributed by atoms with Gasteiger partial charge in [0, 0.05) is 33.8 Å². The molecule has 0 bridgehead atoms. The molecule has 17 rings (SSSR count). The van der Waals surface area contributed by atoms with Crippen LogP contribution in [0.5, 0.6) is 11.5 Å². The topological polar surface area (TPSA) is 9.23 Å². The predicted molar refractivity (Wildman–Crippen MR) is 372 cm³/mol.